The van der Waals surface area contributed by atoms with Gasteiger partial charge < -0.3 is 35.2 Å². The first kappa shape index (κ1) is 80.6. The van der Waals surface area contributed by atoms with E-state index in [1.807, 2.05) is 0 Å². The number of hydrogen-bond donors (Lipinski definition) is 6. The Morgan fingerprint density at radius 1 is 0.476 bits per heavy atom. The van der Waals surface area contributed by atoms with Gasteiger partial charge in [-0.1, -0.05) is 340 Å². The number of carbonyl (C=O) groups excluding carboxylic acids is 1. The van der Waals surface area contributed by atoms with Crippen molar-refractivity contribution in [2.75, 3.05) is 13.2 Å². The predicted octanol–water partition coefficient (Wildman–Crippen LogP) is 19.1. The largest absolute Gasteiger partial charge is 0.397 e. The molecule has 1 heterocycles. The molecule has 0 radical (unpaired) electrons. The zero-order valence-electron chi connectivity index (χ0n) is 54.7. The number of unbranched alkanes of at least 4 members (excludes halogenated alkanes) is 49. The molecule has 0 bridgehead atoms. The molecule has 1 rings (SSSR count). The van der Waals surface area contributed by atoms with Crippen molar-refractivity contribution >= 4 is 16.3 Å². The van der Waals surface area contributed by atoms with Gasteiger partial charge in [0.2, 0.25) is 5.91 Å². The maximum Gasteiger partial charge on any atom is 0.397 e. The van der Waals surface area contributed by atoms with Gasteiger partial charge in [0.1, 0.15) is 24.4 Å². The number of ether oxygens (including phenoxy) is 2. The van der Waals surface area contributed by atoms with E-state index in [0.717, 1.165) is 57.8 Å². The minimum atomic E-state index is -5.08. The molecule has 0 aromatic heterocycles. The molecule has 13 heteroatoms. The first-order valence-electron chi connectivity index (χ1n) is 36.2. The van der Waals surface area contributed by atoms with Gasteiger partial charge in [-0.15, -0.1) is 0 Å². The number of aliphatic hydroxyl groups is 4. The molecule has 6 N–H and O–H groups in total. The quantitative estimate of drug-likeness (QED) is 0.0193. The van der Waals surface area contributed by atoms with Gasteiger partial charge in [-0.2, -0.15) is 8.42 Å². The highest BCUT2D eigenvalue weighted by Gasteiger charge is 2.48. The van der Waals surface area contributed by atoms with Gasteiger partial charge >= 0.3 is 10.4 Å². The molecular weight excluding hydrogens is 1070 g/mol. The third kappa shape index (κ3) is 51.5. The summed E-state index contributed by atoms with van der Waals surface area (Å²) in [7, 11) is -5.08. The second kappa shape index (κ2) is 60.5. The molecular formula is C71H137NO11S. The van der Waals surface area contributed by atoms with Gasteiger partial charge in [0, 0.05) is 6.42 Å². The zero-order chi connectivity index (χ0) is 61.1. The van der Waals surface area contributed by atoms with Crippen LogP contribution in [0.3, 0.4) is 0 Å². The van der Waals surface area contributed by atoms with Crippen LogP contribution in [0.15, 0.2) is 24.3 Å². The summed E-state index contributed by atoms with van der Waals surface area (Å²) >= 11 is 0. The minimum absolute atomic E-state index is 0.223. The first-order chi connectivity index (χ1) is 41.0. The van der Waals surface area contributed by atoms with Crippen molar-refractivity contribution in [3.05, 3.63) is 24.3 Å². The van der Waals surface area contributed by atoms with Crippen LogP contribution in [0.4, 0.5) is 0 Å². The monoisotopic (exact) mass is 1210 g/mol. The highest BCUT2D eigenvalue weighted by atomic mass is 32.3. The second-order valence-corrected chi connectivity index (χ2v) is 26.6. The van der Waals surface area contributed by atoms with Gasteiger partial charge in [-0.05, 0) is 44.9 Å². The third-order valence-electron chi connectivity index (χ3n) is 17.5. The molecule has 0 aliphatic carbocycles. The normalized spacial score (nSPS) is 18.4. The number of amides is 1. The summed E-state index contributed by atoms with van der Waals surface area (Å²) in [5.41, 5.74) is 0. The van der Waals surface area contributed by atoms with Crippen LogP contribution in [-0.2, 0) is 28.9 Å². The molecule has 12 nitrogen and oxygen atoms in total. The number of allylic oxidation sites excluding steroid dienone is 4. The molecule has 0 aromatic rings. The van der Waals surface area contributed by atoms with Crippen LogP contribution in [0, 0.1) is 0 Å². The molecule has 498 valence electrons. The van der Waals surface area contributed by atoms with Crippen molar-refractivity contribution in [1.82, 2.24) is 5.32 Å². The Bertz CT molecular complexity index is 1570. The van der Waals surface area contributed by atoms with Crippen LogP contribution in [0.1, 0.15) is 367 Å². The van der Waals surface area contributed by atoms with Gasteiger partial charge in [0.05, 0.1) is 25.4 Å². The van der Waals surface area contributed by atoms with Crippen LogP contribution in [-0.4, -0.2) is 95.4 Å². The summed E-state index contributed by atoms with van der Waals surface area (Å²) in [5.74, 6) is -0.223. The van der Waals surface area contributed by atoms with Crippen molar-refractivity contribution in [1.29, 1.82) is 0 Å². The fraction of sp³-hybridized carbons (Fsp3) is 0.930. The molecule has 0 saturated carbocycles. The number of rotatable bonds is 65. The molecule has 7 unspecified atom stereocenters. The molecule has 1 aliphatic heterocycles. The van der Waals surface area contributed by atoms with Gasteiger partial charge in [0.25, 0.3) is 0 Å². The lowest BCUT2D eigenvalue weighted by molar-refractivity contribution is -0.298. The van der Waals surface area contributed by atoms with Crippen molar-refractivity contribution in [2.24, 2.45) is 0 Å². The maximum absolute atomic E-state index is 13.2. The zero-order valence-corrected chi connectivity index (χ0v) is 55.6. The van der Waals surface area contributed by atoms with E-state index in [0.29, 0.717) is 12.8 Å². The predicted molar refractivity (Wildman–Crippen MR) is 352 cm³/mol. The van der Waals surface area contributed by atoms with E-state index >= 15 is 0 Å². The number of nitrogens with one attached hydrogen (secondary N) is 1. The Hall–Kier alpha value is -1.42. The van der Waals surface area contributed by atoms with E-state index in [9.17, 15) is 38.2 Å². The molecule has 0 spiro atoms. The third-order valence-corrected chi connectivity index (χ3v) is 18.0. The molecule has 84 heavy (non-hydrogen) atoms. The lowest BCUT2D eigenvalue weighted by Crippen LogP contribution is -2.61. The fourth-order valence-corrected chi connectivity index (χ4v) is 12.5. The highest BCUT2D eigenvalue weighted by molar-refractivity contribution is 7.80. The van der Waals surface area contributed by atoms with E-state index in [1.165, 1.54) is 283 Å². The Morgan fingerprint density at radius 3 is 1.13 bits per heavy atom. The summed E-state index contributed by atoms with van der Waals surface area (Å²) in [6, 6.07) is -0.858. The number of hydrogen-bond acceptors (Lipinski definition) is 10. The molecule has 1 fully saturated rings. The highest BCUT2D eigenvalue weighted by Crippen LogP contribution is 2.27. The van der Waals surface area contributed by atoms with E-state index in [4.69, 9.17) is 9.47 Å². The average Bonchev–Trinajstić information content (AvgIpc) is 3.65. The van der Waals surface area contributed by atoms with Crippen molar-refractivity contribution in [3.8, 4) is 0 Å². The summed E-state index contributed by atoms with van der Waals surface area (Å²) in [5, 5.41) is 45.3. The molecule has 7 atom stereocenters. The smallest absolute Gasteiger partial charge is 0.394 e. The maximum atomic E-state index is 13.2. The van der Waals surface area contributed by atoms with Gasteiger partial charge in [0.15, 0.2) is 6.29 Å². The summed E-state index contributed by atoms with van der Waals surface area (Å²) < 4.78 is 48.1. The topological polar surface area (TPSA) is 192 Å². The fourth-order valence-electron chi connectivity index (χ4n) is 12.0. The molecule has 0 aromatic carbocycles. The van der Waals surface area contributed by atoms with E-state index in [1.54, 1.807) is 0 Å². The van der Waals surface area contributed by atoms with Crippen LogP contribution >= 0.6 is 0 Å². The summed E-state index contributed by atoms with van der Waals surface area (Å²) in [4.78, 5) is 13.2. The first-order valence-corrected chi connectivity index (χ1v) is 37.6. The number of aliphatic hydroxyl groups excluding tert-OH is 4. The molecule has 1 amide bonds. The van der Waals surface area contributed by atoms with E-state index < -0.39 is 59.9 Å². The Morgan fingerprint density at radius 2 is 0.798 bits per heavy atom. The second-order valence-electron chi connectivity index (χ2n) is 25.5. The van der Waals surface area contributed by atoms with Gasteiger partial charge in [-0.25, -0.2) is 4.18 Å². The summed E-state index contributed by atoms with van der Waals surface area (Å²) in [6.07, 6.45) is 69.5. The average molecular weight is 1210 g/mol. The number of carbonyl (C=O) groups is 1. The van der Waals surface area contributed by atoms with Crippen LogP contribution in [0.2, 0.25) is 0 Å². The Kier molecular flexibility index (Phi) is 58.0. The SMILES string of the molecule is CCCCCCCCCCCCCCCCC/C=C\C/C=C\CCCCCCCCCCCCCCCCCCCC(=O)NC(COC1OC(CO)C(O)C(OS(=O)(=O)O)C1O)C(O)CCCCCCCCCCCCCCCCCCCC. The molecule has 1 aliphatic rings. The van der Waals surface area contributed by atoms with Gasteiger partial charge in [-0.3, -0.25) is 9.35 Å². The molecule has 1 saturated heterocycles. The van der Waals surface area contributed by atoms with Crippen molar-refractivity contribution < 1.29 is 51.8 Å². The Labute approximate surface area is 518 Å². The lowest BCUT2D eigenvalue weighted by atomic mass is 9.99. The van der Waals surface area contributed by atoms with Crippen LogP contribution in [0.25, 0.3) is 0 Å². The lowest BCUT2D eigenvalue weighted by Gasteiger charge is -2.41. The van der Waals surface area contributed by atoms with Crippen LogP contribution < -0.4 is 5.32 Å². The van der Waals surface area contributed by atoms with Crippen molar-refractivity contribution in [2.45, 2.75) is 410 Å². The summed E-state index contributed by atoms with van der Waals surface area (Å²) in [6.45, 7) is 3.52. The standard InChI is InChI=1S/C71H137NO11S/c1-3-5-7-9-11-13-15-17-19-21-23-24-25-26-27-28-29-30-31-32-33-34-35-36-37-38-39-40-41-42-43-45-47-49-51-53-55-57-59-61-67(75)72-64(63-81-71-69(77)70(83-84(78,79)80)68(76)66(62-73)82-71)65(74)60-58-56-54-52-50-48-46-44-22-20-18-16-14-12-10-8-6-4-2/h29-30,32-33,64-66,68-71,73-74,76-77H,3-28,31,34-63H2,1-2H3,(H,72,75)(H,78,79,80)/b30-29-,33-32-. The van der Waals surface area contributed by atoms with E-state index in [2.05, 4.69) is 47.7 Å². The minimum Gasteiger partial charge on any atom is -0.394 e. The van der Waals surface area contributed by atoms with E-state index in [-0.39, 0.29) is 12.5 Å². The van der Waals surface area contributed by atoms with Crippen LogP contribution in [0.5, 0.6) is 0 Å². The van der Waals surface area contributed by atoms with Crippen molar-refractivity contribution in [3.63, 3.8) is 0 Å². The Balaban J connectivity index is 2.15.